The molecule has 1 aliphatic rings. The molecule has 1 atom stereocenters. The van der Waals surface area contributed by atoms with E-state index in [-0.39, 0.29) is 17.5 Å². The molecule has 0 saturated heterocycles. The number of hydrogen-bond acceptors (Lipinski definition) is 4. The monoisotopic (exact) mass is 360 g/mol. The molecule has 1 aliphatic heterocycles. The first-order chi connectivity index (χ1) is 12.2. The molecule has 3 N–H and O–H groups in total. The number of rotatable bonds is 6. The highest BCUT2D eigenvalue weighted by atomic mass is 32.2. The summed E-state index contributed by atoms with van der Waals surface area (Å²) in [5.41, 5.74) is 2.65. The topological polar surface area (TPSA) is 71.7 Å². The number of hydrogen-bond donors (Lipinski definition) is 2. The Morgan fingerprint density at radius 2 is 2.16 bits per heavy atom. The average Bonchev–Trinajstić information content (AvgIpc) is 2.62. The lowest BCUT2D eigenvalue weighted by Crippen LogP contribution is -2.87. The fraction of sp³-hybridized carbons (Fsp3) is 0.474. The van der Waals surface area contributed by atoms with Gasteiger partial charge in [0.2, 0.25) is 5.88 Å². The summed E-state index contributed by atoms with van der Waals surface area (Å²) in [5, 5.41) is 13.3. The van der Waals surface area contributed by atoms with Gasteiger partial charge >= 0.3 is 0 Å². The van der Waals surface area contributed by atoms with Crippen LogP contribution in [0.25, 0.3) is 0 Å². The largest absolute Gasteiger partial charge is 0.493 e. The van der Waals surface area contributed by atoms with Crippen molar-refractivity contribution in [1.82, 2.24) is 9.55 Å². The van der Waals surface area contributed by atoms with Crippen molar-refractivity contribution in [2.45, 2.75) is 50.9 Å². The third-order valence-electron chi connectivity index (χ3n) is 4.71. The van der Waals surface area contributed by atoms with E-state index < -0.39 is 0 Å². The van der Waals surface area contributed by atoms with Crippen molar-refractivity contribution in [2.24, 2.45) is 0 Å². The summed E-state index contributed by atoms with van der Waals surface area (Å²) in [6.07, 6.45) is 3.14. The van der Waals surface area contributed by atoms with Gasteiger partial charge in [-0.05, 0) is 18.9 Å². The summed E-state index contributed by atoms with van der Waals surface area (Å²) in [6, 6.07) is 7.99. The van der Waals surface area contributed by atoms with E-state index in [1.54, 1.807) is 16.3 Å². The lowest BCUT2D eigenvalue weighted by molar-refractivity contribution is -0.690. The maximum absolute atomic E-state index is 13.1. The molecular formula is C19H26N3O2S+. The SMILES string of the molecule is CCCCSc1nc(O)c([C@@H]2[NH2+]CCc3ccccc32)c(=O)n1CC. The van der Waals surface area contributed by atoms with Crippen LogP contribution in [-0.2, 0) is 13.0 Å². The van der Waals surface area contributed by atoms with Crippen LogP contribution in [-0.4, -0.2) is 27.0 Å². The van der Waals surface area contributed by atoms with E-state index in [9.17, 15) is 9.90 Å². The Balaban J connectivity index is 2.05. The van der Waals surface area contributed by atoms with Crippen molar-refractivity contribution in [3.8, 4) is 5.88 Å². The van der Waals surface area contributed by atoms with Gasteiger partial charge in [0, 0.05) is 24.3 Å². The number of fused-ring (bicyclic) bond motifs is 1. The van der Waals surface area contributed by atoms with Gasteiger partial charge in [0.1, 0.15) is 11.6 Å². The Morgan fingerprint density at radius 1 is 1.36 bits per heavy atom. The Labute approximate surface area is 152 Å². The van der Waals surface area contributed by atoms with Crippen LogP contribution in [0.5, 0.6) is 5.88 Å². The molecule has 2 heterocycles. The summed E-state index contributed by atoms with van der Waals surface area (Å²) in [6.45, 7) is 5.55. The smallest absolute Gasteiger partial charge is 0.267 e. The van der Waals surface area contributed by atoms with Gasteiger partial charge in [-0.15, -0.1) is 0 Å². The first-order valence-corrected chi connectivity index (χ1v) is 10.0. The molecule has 0 radical (unpaired) electrons. The molecule has 25 heavy (non-hydrogen) atoms. The summed E-state index contributed by atoms with van der Waals surface area (Å²) in [7, 11) is 0. The van der Waals surface area contributed by atoms with Crippen LogP contribution in [0.3, 0.4) is 0 Å². The Morgan fingerprint density at radius 3 is 2.92 bits per heavy atom. The van der Waals surface area contributed by atoms with Crippen LogP contribution in [0.4, 0.5) is 0 Å². The van der Waals surface area contributed by atoms with Crippen LogP contribution in [0.15, 0.2) is 34.2 Å². The molecule has 0 spiro atoms. The van der Waals surface area contributed by atoms with E-state index in [1.165, 1.54) is 5.56 Å². The van der Waals surface area contributed by atoms with Crippen molar-refractivity contribution < 1.29 is 10.4 Å². The molecule has 3 rings (SSSR count). The minimum Gasteiger partial charge on any atom is -0.493 e. The number of aromatic nitrogens is 2. The summed E-state index contributed by atoms with van der Waals surface area (Å²) in [5.74, 6) is 0.784. The minimum absolute atomic E-state index is 0.119. The van der Waals surface area contributed by atoms with Gasteiger partial charge in [-0.3, -0.25) is 9.36 Å². The van der Waals surface area contributed by atoms with Gasteiger partial charge in [0.15, 0.2) is 5.16 Å². The van der Waals surface area contributed by atoms with Gasteiger partial charge in [-0.25, -0.2) is 0 Å². The van der Waals surface area contributed by atoms with Gasteiger partial charge in [-0.2, -0.15) is 4.98 Å². The first-order valence-electron chi connectivity index (χ1n) is 9.05. The maximum Gasteiger partial charge on any atom is 0.267 e. The maximum atomic E-state index is 13.1. The molecular weight excluding hydrogens is 334 g/mol. The van der Waals surface area contributed by atoms with Gasteiger partial charge < -0.3 is 10.4 Å². The van der Waals surface area contributed by atoms with E-state index in [0.717, 1.165) is 37.1 Å². The molecule has 0 amide bonds. The number of aromatic hydroxyl groups is 1. The molecule has 0 fully saturated rings. The lowest BCUT2D eigenvalue weighted by atomic mass is 9.91. The molecule has 0 unspecified atom stereocenters. The highest BCUT2D eigenvalue weighted by molar-refractivity contribution is 7.99. The number of nitrogens with zero attached hydrogens (tertiary/aromatic N) is 2. The zero-order chi connectivity index (χ0) is 17.8. The molecule has 5 nitrogen and oxygen atoms in total. The number of thioether (sulfide) groups is 1. The molecule has 0 aliphatic carbocycles. The van der Waals surface area contributed by atoms with Crippen LogP contribution < -0.4 is 10.9 Å². The quantitative estimate of drug-likeness (QED) is 0.470. The molecule has 1 aromatic carbocycles. The van der Waals surface area contributed by atoms with Crippen LogP contribution in [0.2, 0.25) is 0 Å². The Kier molecular flexibility index (Phi) is 5.81. The highest BCUT2D eigenvalue weighted by Gasteiger charge is 2.31. The second-order valence-corrected chi connectivity index (χ2v) is 7.40. The first kappa shape index (κ1) is 18.0. The van der Waals surface area contributed by atoms with Crippen LogP contribution in [0.1, 0.15) is 49.4 Å². The zero-order valence-electron chi connectivity index (χ0n) is 14.9. The van der Waals surface area contributed by atoms with Gasteiger partial charge in [0.25, 0.3) is 5.56 Å². The summed E-state index contributed by atoms with van der Waals surface area (Å²) in [4.78, 5) is 17.5. The lowest BCUT2D eigenvalue weighted by Gasteiger charge is -2.24. The molecule has 0 saturated carbocycles. The van der Waals surface area contributed by atoms with E-state index >= 15 is 0 Å². The van der Waals surface area contributed by atoms with Crippen molar-refractivity contribution in [3.63, 3.8) is 0 Å². The third kappa shape index (κ3) is 3.60. The zero-order valence-corrected chi connectivity index (χ0v) is 15.7. The summed E-state index contributed by atoms with van der Waals surface area (Å²) < 4.78 is 1.69. The number of quaternary nitrogens is 1. The Bertz CT molecular complexity index is 804. The van der Waals surface area contributed by atoms with Gasteiger partial charge in [-0.1, -0.05) is 49.4 Å². The fourth-order valence-corrected chi connectivity index (χ4v) is 4.51. The van der Waals surface area contributed by atoms with E-state index in [0.29, 0.717) is 17.3 Å². The van der Waals surface area contributed by atoms with Crippen LogP contribution >= 0.6 is 11.8 Å². The molecule has 0 bridgehead atoms. The highest BCUT2D eigenvalue weighted by Crippen LogP contribution is 2.28. The molecule has 2 aromatic rings. The van der Waals surface area contributed by atoms with E-state index in [4.69, 9.17) is 0 Å². The van der Waals surface area contributed by atoms with Gasteiger partial charge in [0.05, 0.1) is 6.54 Å². The van der Waals surface area contributed by atoms with Crippen LogP contribution in [0, 0.1) is 0 Å². The minimum atomic E-state index is -0.183. The molecule has 6 heteroatoms. The molecule has 134 valence electrons. The van der Waals surface area contributed by atoms with E-state index in [1.807, 2.05) is 19.1 Å². The Hall–Kier alpha value is -1.79. The normalized spacial score (nSPS) is 16.6. The van der Waals surface area contributed by atoms with Crippen molar-refractivity contribution in [3.05, 3.63) is 51.3 Å². The van der Waals surface area contributed by atoms with Crippen molar-refractivity contribution >= 4 is 11.8 Å². The predicted octanol–water partition coefficient (Wildman–Crippen LogP) is 2.07. The number of benzene rings is 1. The van der Waals surface area contributed by atoms with E-state index in [2.05, 4.69) is 29.4 Å². The third-order valence-corrected chi connectivity index (χ3v) is 5.77. The molecule has 1 aromatic heterocycles. The van der Waals surface area contributed by atoms with Crippen molar-refractivity contribution in [1.29, 1.82) is 0 Å². The second-order valence-electron chi connectivity index (χ2n) is 6.33. The second kappa shape index (κ2) is 8.06. The van der Waals surface area contributed by atoms with Crippen molar-refractivity contribution in [2.75, 3.05) is 12.3 Å². The standard InChI is InChI=1S/C19H25N3O2S/c1-3-5-12-25-19-21-17(23)15(18(24)22(19)4-2)16-14-9-7-6-8-13(14)10-11-20-16/h6-9,16,20,23H,3-5,10-12H2,1-2H3/p+1/t16-/m1/s1. The number of nitrogens with two attached hydrogens (primary N) is 1. The fourth-order valence-electron chi connectivity index (χ4n) is 3.38. The summed E-state index contributed by atoms with van der Waals surface area (Å²) >= 11 is 1.55. The predicted molar refractivity (Wildman–Crippen MR) is 100 cm³/mol. The number of unbranched alkanes of at least 4 members (excludes halogenated alkanes) is 1. The average molecular weight is 361 g/mol.